The van der Waals surface area contributed by atoms with Gasteiger partial charge in [-0.3, -0.25) is 15.0 Å². The van der Waals surface area contributed by atoms with E-state index in [0.29, 0.717) is 19.4 Å². The van der Waals surface area contributed by atoms with Gasteiger partial charge in [0.1, 0.15) is 5.75 Å². The summed E-state index contributed by atoms with van der Waals surface area (Å²) < 4.78 is 0. The van der Waals surface area contributed by atoms with Crippen LogP contribution in [0.4, 0.5) is 4.79 Å². The van der Waals surface area contributed by atoms with Gasteiger partial charge in [-0.2, -0.15) is 0 Å². The van der Waals surface area contributed by atoms with Crippen molar-refractivity contribution in [2.24, 2.45) is 5.73 Å². The summed E-state index contributed by atoms with van der Waals surface area (Å²) in [5, 5.41) is 25.0. The summed E-state index contributed by atoms with van der Waals surface area (Å²) in [6.07, 6.45) is 3.51. The van der Waals surface area contributed by atoms with Crippen LogP contribution in [0.15, 0.2) is 48.5 Å². The Labute approximate surface area is 222 Å². The van der Waals surface area contributed by atoms with Crippen molar-refractivity contribution in [2.45, 2.75) is 90.2 Å². The van der Waals surface area contributed by atoms with E-state index in [1.165, 1.54) is 5.56 Å². The molecule has 1 saturated heterocycles. The molecule has 0 saturated carbocycles. The molecule has 7 nitrogen and oxygen atoms in total. The third-order valence-electron chi connectivity index (χ3n) is 7.74. The van der Waals surface area contributed by atoms with Gasteiger partial charge in [-0.05, 0) is 81.4 Å². The van der Waals surface area contributed by atoms with E-state index in [9.17, 15) is 19.8 Å². The number of imide groups is 1. The number of rotatable bonds is 9. The number of urea groups is 1. The third kappa shape index (κ3) is 6.90. The Morgan fingerprint density at radius 2 is 1.84 bits per heavy atom. The first-order valence-corrected chi connectivity index (χ1v) is 13.5. The minimum absolute atomic E-state index is 0.0806. The van der Waals surface area contributed by atoms with Crippen LogP contribution in [0.2, 0.25) is 0 Å². The molecule has 1 fully saturated rings. The number of carbonyl (C=O) groups excluding carboxylic acids is 2. The molecule has 3 atom stereocenters. The molecule has 0 aromatic heterocycles. The molecule has 1 aliphatic heterocycles. The molecule has 3 unspecified atom stereocenters. The van der Waals surface area contributed by atoms with Crippen molar-refractivity contribution in [3.8, 4) is 5.75 Å². The number of amides is 3. The standard InChI is InChI=1S/C28H39N3O4.C2H6/c1-4-14-28(35)21(3)31(16-8-11-22-9-6-5-7-10-22)17-15-27(28,19-25(33)30-26(29)34)24-18-23(32)13-12-20(24)2;1-2/h5-7,9-10,12-13,18,21,32,35H,4,8,11,14-17,19H2,1-3H3,(H3,29,30,33,34);1-2H3. The molecule has 2 aromatic rings. The SMILES string of the molecule is CC.CCCC1(O)C(C)N(CCCc2ccccc2)CCC1(CC(=O)NC(N)=O)c1cc(O)ccc1C. The van der Waals surface area contributed by atoms with Crippen LogP contribution in [0.1, 0.15) is 76.5 Å². The molecular weight excluding hydrogens is 466 g/mol. The van der Waals surface area contributed by atoms with Gasteiger partial charge >= 0.3 is 6.03 Å². The number of primary amides is 1. The van der Waals surface area contributed by atoms with Crippen LogP contribution in [0.5, 0.6) is 5.75 Å². The fourth-order valence-electron chi connectivity index (χ4n) is 6.00. The molecule has 1 aliphatic rings. The van der Waals surface area contributed by atoms with Crippen molar-refractivity contribution in [2.75, 3.05) is 13.1 Å². The summed E-state index contributed by atoms with van der Waals surface area (Å²) >= 11 is 0. The van der Waals surface area contributed by atoms with Crippen molar-refractivity contribution in [3.63, 3.8) is 0 Å². The van der Waals surface area contributed by atoms with Crippen molar-refractivity contribution < 1.29 is 19.8 Å². The fraction of sp³-hybridized carbons (Fsp3) is 0.533. The van der Waals surface area contributed by atoms with E-state index >= 15 is 0 Å². The maximum atomic E-state index is 12.9. The summed E-state index contributed by atoms with van der Waals surface area (Å²) in [7, 11) is 0. The van der Waals surface area contributed by atoms with Gasteiger partial charge in [-0.15, -0.1) is 0 Å². The molecule has 0 aliphatic carbocycles. The number of likely N-dealkylation sites (tertiary alicyclic amines) is 1. The quantitative estimate of drug-likeness (QED) is 0.386. The lowest BCUT2D eigenvalue weighted by Gasteiger charge is -2.58. The molecular formula is C30H45N3O4. The maximum absolute atomic E-state index is 12.9. The van der Waals surface area contributed by atoms with Gasteiger partial charge in [0.05, 0.1) is 5.60 Å². The smallest absolute Gasteiger partial charge is 0.318 e. The Bertz CT molecular complexity index is 1030. The Balaban J connectivity index is 0.00000235. The fourth-order valence-corrected chi connectivity index (χ4v) is 6.00. The highest BCUT2D eigenvalue weighted by Gasteiger charge is 2.59. The zero-order chi connectivity index (χ0) is 27.6. The van der Waals surface area contributed by atoms with Crippen LogP contribution in [0.3, 0.4) is 0 Å². The van der Waals surface area contributed by atoms with Gasteiger partial charge < -0.3 is 15.9 Å². The predicted octanol–water partition coefficient (Wildman–Crippen LogP) is 4.81. The van der Waals surface area contributed by atoms with Crippen LogP contribution < -0.4 is 11.1 Å². The second-order valence-corrected chi connectivity index (χ2v) is 9.90. The number of hydrogen-bond acceptors (Lipinski definition) is 5. The molecule has 204 valence electrons. The first kappa shape index (κ1) is 30.3. The molecule has 2 aromatic carbocycles. The van der Waals surface area contributed by atoms with E-state index in [2.05, 4.69) is 22.3 Å². The molecule has 5 N–H and O–H groups in total. The first-order chi connectivity index (χ1) is 17.6. The largest absolute Gasteiger partial charge is 0.508 e. The zero-order valence-corrected chi connectivity index (χ0v) is 23.1. The van der Waals surface area contributed by atoms with Crippen molar-refractivity contribution in [1.29, 1.82) is 0 Å². The minimum Gasteiger partial charge on any atom is -0.508 e. The molecule has 1 heterocycles. The van der Waals surface area contributed by atoms with Gasteiger partial charge in [0, 0.05) is 17.9 Å². The Kier molecular flexibility index (Phi) is 11.1. The summed E-state index contributed by atoms with van der Waals surface area (Å²) in [6, 6.07) is 14.3. The lowest BCUT2D eigenvalue weighted by Crippen LogP contribution is -2.68. The van der Waals surface area contributed by atoms with E-state index in [0.717, 1.165) is 36.9 Å². The minimum atomic E-state index is -1.26. The summed E-state index contributed by atoms with van der Waals surface area (Å²) in [5.74, 6) is -0.448. The molecule has 3 rings (SSSR count). The lowest BCUT2D eigenvalue weighted by atomic mass is 9.56. The molecule has 0 radical (unpaired) electrons. The number of nitrogens with one attached hydrogen (secondary N) is 1. The monoisotopic (exact) mass is 511 g/mol. The molecule has 7 heteroatoms. The van der Waals surface area contributed by atoms with E-state index in [4.69, 9.17) is 5.73 Å². The number of benzene rings is 2. The number of aromatic hydroxyl groups is 1. The number of piperidine rings is 1. The number of phenols is 1. The van der Waals surface area contributed by atoms with Gasteiger partial charge in [0.15, 0.2) is 0 Å². The summed E-state index contributed by atoms with van der Waals surface area (Å²) in [6.45, 7) is 11.5. The molecule has 0 bridgehead atoms. The van der Waals surface area contributed by atoms with Gasteiger partial charge in [0.25, 0.3) is 0 Å². The average Bonchev–Trinajstić information content (AvgIpc) is 2.87. The van der Waals surface area contributed by atoms with Crippen LogP contribution in [-0.2, 0) is 16.6 Å². The van der Waals surface area contributed by atoms with Crippen LogP contribution in [0, 0.1) is 6.92 Å². The average molecular weight is 512 g/mol. The Morgan fingerprint density at radius 1 is 1.16 bits per heavy atom. The number of nitrogens with zero attached hydrogens (tertiary/aromatic N) is 1. The number of phenolic OH excluding ortho intramolecular Hbond substituents is 1. The lowest BCUT2D eigenvalue weighted by molar-refractivity contribution is -0.151. The normalized spacial score (nSPS) is 23.6. The molecule has 3 amide bonds. The van der Waals surface area contributed by atoms with E-state index in [-0.39, 0.29) is 18.2 Å². The highest BCUT2D eigenvalue weighted by molar-refractivity contribution is 5.94. The zero-order valence-electron chi connectivity index (χ0n) is 23.1. The number of nitrogens with two attached hydrogens (primary N) is 1. The molecule has 37 heavy (non-hydrogen) atoms. The highest BCUT2D eigenvalue weighted by Crippen LogP contribution is 2.51. The van der Waals surface area contributed by atoms with Crippen molar-refractivity contribution in [3.05, 3.63) is 65.2 Å². The number of aliphatic hydroxyl groups is 1. The molecule has 0 spiro atoms. The second-order valence-electron chi connectivity index (χ2n) is 9.90. The predicted molar refractivity (Wildman–Crippen MR) is 148 cm³/mol. The van der Waals surface area contributed by atoms with E-state index in [1.54, 1.807) is 12.1 Å². The summed E-state index contributed by atoms with van der Waals surface area (Å²) in [4.78, 5) is 26.6. The third-order valence-corrected chi connectivity index (χ3v) is 7.74. The van der Waals surface area contributed by atoms with Crippen molar-refractivity contribution >= 4 is 11.9 Å². The Hall–Kier alpha value is -2.90. The first-order valence-electron chi connectivity index (χ1n) is 13.5. The van der Waals surface area contributed by atoms with Gasteiger partial charge in [-0.25, -0.2) is 4.79 Å². The topological polar surface area (TPSA) is 116 Å². The van der Waals surface area contributed by atoms with Crippen LogP contribution in [0.25, 0.3) is 0 Å². The van der Waals surface area contributed by atoms with Gasteiger partial charge in [0.2, 0.25) is 5.91 Å². The number of carbonyl (C=O) groups is 2. The van der Waals surface area contributed by atoms with Gasteiger partial charge in [-0.1, -0.05) is 63.6 Å². The second kappa shape index (κ2) is 13.6. The van der Waals surface area contributed by atoms with Crippen molar-refractivity contribution in [1.82, 2.24) is 10.2 Å². The van der Waals surface area contributed by atoms with Crippen LogP contribution >= 0.6 is 0 Å². The van der Waals surface area contributed by atoms with E-state index in [1.807, 2.05) is 58.9 Å². The Morgan fingerprint density at radius 3 is 2.46 bits per heavy atom. The number of aryl methyl sites for hydroxylation is 2. The van der Waals surface area contributed by atoms with E-state index < -0.39 is 23.0 Å². The summed E-state index contributed by atoms with van der Waals surface area (Å²) in [5.41, 5.74) is 5.89. The maximum Gasteiger partial charge on any atom is 0.318 e. The van der Waals surface area contributed by atoms with Crippen LogP contribution in [-0.4, -0.2) is 51.8 Å². The highest BCUT2D eigenvalue weighted by atomic mass is 16.3. The number of hydrogen-bond donors (Lipinski definition) is 4.